The summed E-state index contributed by atoms with van der Waals surface area (Å²) in [6.45, 7) is 0.390. The number of hydrogen-bond acceptors (Lipinski definition) is 3. The number of carbonyl (C=O) groups excluding carboxylic acids is 1. The molecule has 1 aliphatic rings. The molecular weight excluding hydrogens is 172 g/mol. The van der Waals surface area contributed by atoms with Crippen molar-refractivity contribution in [3.63, 3.8) is 0 Å². The minimum atomic E-state index is -0.425. The molecule has 0 saturated carbocycles. The van der Waals surface area contributed by atoms with Crippen LogP contribution in [0.15, 0.2) is 15.7 Å². The molecule has 2 rings (SSSR count). The number of carbonyl (C=O) groups is 1. The SMILES string of the molecule is Cn1c(=O)cc2n(c1=O)CCC2=O. The Labute approximate surface area is 73.2 Å². The largest absolute Gasteiger partial charge is 0.331 e. The monoisotopic (exact) mass is 180 g/mol. The van der Waals surface area contributed by atoms with Crippen LogP contribution in [0.4, 0.5) is 0 Å². The van der Waals surface area contributed by atoms with E-state index in [1.165, 1.54) is 17.7 Å². The fourth-order valence-electron chi connectivity index (χ4n) is 1.46. The third-order valence-corrected chi connectivity index (χ3v) is 2.25. The first-order valence-corrected chi connectivity index (χ1v) is 3.95. The van der Waals surface area contributed by atoms with Crippen LogP contribution in [0.1, 0.15) is 16.9 Å². The van der Waals surface area contributed by atoms with Gasteiger partial charge < -0.3 is 0 Å². The van der Waals surface area contributed by atoms with Crippen molar-refractivity contribution in [2.75, 3.05) is 0 Å². The molecule has 0 unspecified atom stereocenters. The van der Waals surface area contributed by atoms with Gasteiger partial charge in [-0.25, -0.2) is 4.79 Å². The van der Waals surface area contributed by atoms with E-state index in [0.29, 0.717) is 13.0 Å². The number of hydrogen-bond donors (Lipinski definition) is 0. The Bertz CT molecular complexity index is 495. The molecule has 5 nitrogen and oxygen atoms in total. The van der Waals surface area contributed by atoms with Gasteiger partial charge in [0.1, 0.15) is 0 Å². The summed E-state index contributed by atoms with van der Waals surface area (Å²) in [5.41, 5.74) is -0.590. The van der Waals surface area contributed by atoms with Crippen LogP contribution < -0.4 is 11.2 Å². The quantitative estimate of drug-likeness (QED) is 0.521. The number of rotatable bonds is 0. The van der Waals surface area contributed by atoms with Gasteiger partial charge in [-0.15, -0.1) is 0 Å². The van der Waals surface area contributed by atoms with Crippen LogP contribution in [0, 0.1) is 0 Å². The van der Waals surface area contributed by atoms with E-state index < -0.39 is 11.2 Å². The second-order valence-electron chi connectivity index (χ2n) is 3.03. The van der Waals surface area contributed by atoms with Gasteiger partial charge in [0.25, 0.3) is 5.56 Å². The van der Waals surface area contributed by atoms with Crippen LogP contribution >= 0.6 is 0 Å². The molecule has 0 aromatic carbocycles. The molecule has 0 bridgehead atoms. The Morgan fingerprint density at radius 1 is 1.31 bits per heavy atom. The van der Waals surface area contributed by atoms with Crippen LogP contribution in [0.5, 0.6) is 0 Å². The van der Waals surface area contributed by atoms with E-state index in [-0.39, 0.29) is 11.5 Å². The fourth-order valence-corrected chi connectivity index (χ4v) is 1.46. The molecule has 0 fully saturated rings. The summed E-state index contributed by atoms with van der Waals surface area (Å²) in [7, 11) is 1.40. The van der Waals surface area contributed by atoms with E-state index in [2.05, 4.69) is 0 Å². The Morgan fingerprint density at radius 3 is 2.69 bits per heavy atom. The van der Waals surface area contributed by atoms with Gasteiger partial charge in [0.2, 0.25) is 0 Å². The predicted molar refractivity (Wildman–Crippen MR) is 44.9 cm³/mol. The van der Waals surface area contributed by atoms with Gasteiger partial charge in [0.15, 0.2) is 5.78 Å². The normalized spacial score (nSPS) is 14.7. The third-order valence-electron chi connectivity index (χ3n) is 2.25. The lowest BCUT2D eigenvalue weighted by molar-refractivity contribution is 0.0994. The highest BCUT2D eigenvalue weighted by molar-refractivity contribution is 5.95. The van der Waals surface area contributed by atoms with Gasteiger partial charge in [0, 0.05) is 26.1 Å². The van der Waals surface area contributed by atoms with E-state index in [1.54, 1.807) is 0 Å². The molecule has 2 heterocycles. The standard InChI is InChI=1S/C8H8N2O3/c1-9-7(12)4-5-6(11)2-3-10(5)8(9)13/h4H,2-3H2,1H3. The molecule has 0 aliphatic carbocycles. The summed E-state index contributed by atoms with van der Waals surface area (Å²) < 4.78 is 2.34. The molecule has 0 spiro atoms. The highest BCUT2D eigenvalue weighted by Gasteiger charge is 2.21. The fraction of sp³-hybridized carbons (Fsp3) is 0.375. The van der Waals surface area contributed by atoms with Gasteiger partial charge in [-0.2, -0.15) is 0 Å². The molecule has 1 aromatic heterocycles. The van der Waals surface area contributed by atoms with Gasteiger partial charge in [-0.3, -0.25) is 18.7 Å². The first-order chi connectivity index (χ1) is 6.11. The lowest BCUT2D eigenvalue weighted by Gasteiger charge is -2.02. The van der Waals surface area contributed by atoms with Crippen molar-refractivity contribution in [1.82, 2.24) is 9.13 Å². The average Bonchev–Trinajstić information content (AvgIpc) is 2.45. The smallest absolute Gasteiger partial charge is 0.292 e. The number of nitrogens with zero attached hydrogens (tertiary/aromatic N) is 2. The first kappa shape index (κ1) is 7.97. The topological polar surface area (TPSA) is 61.1 Å². The van der Waals surface area contributed by atoms with Gasteiger partial charge in [-0.1, -0.05) is 0 Å². The zero-order valence-corrected chi connectivity index (χ0v) is 7.11. The Balaban J connectivity index is 2.90. The van der Waals surface area contributed by atoms with Crippen LogP contribution in [0.3, 0.4) is 0 Å². The molecule has 0 saturated heterocycles. The molecule has 1 aromatic rings. The molecular formula is C8H8N2O3. The van der Waals surface area contributed by atoms with Crippen molar-refractivity contribution in [1.29, 1.82) is 0 Å². The molecule has 68 valence electrons. The summed E-state index contributed by atoms with van der Waals surface area (Å²) >= 11 is 0. The summed E-state index contributed by atoms with van der Waals surface area (Å²) in [4.78, 5) is 33.7. The van der Waals surface area contributed by atoms with Crippen molar-refractivity contribution in [2.45, 2.75) is 13.0 Å². The van der Waals surface area contributed by atoms with Crippen LogP contribution in [-0.4, -0.2) is 14.9 Å². The van der Waals surface area contributed by atoms with Gasteiger partial charge in [0.05, 0.1) is 5.69 Å². The van der Waals surface area contributed by atoms with Crippen molar-refractivity contribution >= 4 is 5.78 Å². The number of fused-ring (bicyclic) bond motifs is 1. The second-order valence-corrected chi connectivity index (χ2v) is 3.03. The van der Waals surface area contributed by atoms with Crippen molar-refractivity contribution in [3.05, 3.63) is 32.6 Å². The maximum atomic E-state index is 11.4. The lowest BCUT2D eigenvalue weighted by atomic mass is 10.3. The minimum absolute atomic E-state index is 0.130. The molecule has 13 heavy (non-hydrogen) atoms. The van der Waals surface area contributed by atoms with E-state index >= 15 is 0 Å². The van der Waals surface area contributed by atoms with Crippen LogP contribution in [-0.2, 0) is 13.6 Å². The molecule has 0 amide bonds. The Kier molecular flexibility index (Phi) is 1.48. The number of Topliss-reactive ketones (excluding diaryl/α,β-unsaturated/α-hetero) is 1. The molecule has 0 radical (unpaired) electrons. The maximum Gasteiger partial charge on any atom is 0.331 e. The molecule has 0 N–H and O–H groups in total. The van der Waals surface area contributed by atoms with Crippen LogP contribution in [0.2, 0.25) is 0 Å². The predicted octanol–water partition coefficient (Wildman–Crippen LogP) is -0.867. The van der Waals surface area contributed by atoms with E-state index in [4.69, 9.17) is 0 Å². The van der Waals surface area contributed by atoms with Gasteiger partial charge >= 0.3 is 5.69 Å². The highest BCUT2D eigenvalue weighted by Crippen LogP contribution is 2.08. The summed E-state index contributed by atoms with van der Waals surface area (Å²) in [6, 6.07) is 1.22. The summed E-state index contributed by atoms with van der Waals surface area (Å²) in [6.07, 6.45) is 0.318. The Hall–Kier alpha value is -1.65. The highest BCUT2D eigenvalue weighted by atomic mass is 16.2. The Morgan fingerprint density at radius 2 is 2.00 bits per heavy atom. The second kappa shape index (κ2) is 2.42. The number of ketones is 1. The van der Waals surface area contributed by atoms with Crippen molar-refractivity contribution < 1.29 is 4.79 Å². The average molecular weight is 180 g/mol. The van der Waals surface area contributed by atoms with E-state index in [9.17, 15) is 14.4 Å². The van der Waals surface area contributed by atoms with E-state index in [1.807, 2.05) is 0 Å². The number of aromatic nitrogens is 2. The molecule has 5 heteroatoms. The zero-order chi connectivity index (χ0) is 9.59. The van der Waals surface area contributed by atoms with Gasteiger partial charge in [-0.05, 0) is 0 Å². The minimum Gasteiger partial charge on any atom is -0.292 e. The van der Waals surface area contributed by atoms with Crippen LogP contribution in [0.25, 0.3) is 0 Å². The molecule has 1 aliphatic heterocycles. The molecule has 0 atom stereocenters. The summed E-state index contributed by atoms with van der Waals surface area (Å²) in [5.74, 6) is -0.130. The van der Waals surface area contributed by atoms with Crippen molar-refractivity contribution in [3.8, 4) is 0 Å². The zero-order valence-electron chi connectivity index (χ0n) is 7.11. The first-order valence-electron chi connectivity index (χ1n) is 3.95. The van der Waals surface area contributed by atoms with Crippen molar-refractivity contribution in [2.24, 2.45) is 7.05 Å². The van der Waals surface area contributed by atoms with E-state index in [0.717, 1.165) is 4.57 Å². The third kappa shape index (κ3) is 0.965. The summed E-state index contributed by atoms with van der Waals surface area (Å²) in [5, 5.41) is 0. The maximum absolute atomic E-state index is 11.4. The lowest BCUT2D eigenvalue weighted by Crippen LogP contribution is -2.37.